The lowest BCUT2D eigenvalue weighted by molar-refractivity contribution is 0.279. The van der Waals surface area contributed by atoms with E-state index in [9.17, 15) is 4.79 Å². The highest BCUT2D eigenvalue weighted by Gasteiger charge is 2.13. The molecular formula is C19H15ClN2O3. The van der Waals surface area contributed by atoms with E-state index in [1.165, 1.54) is 0 Å². The minimum Gasteiger partial charge on any atom is -0.478 e. The van der Waals surface area contributed by atoms with Gasteiger partial charge >= 0.3 is 5.76 Å². The van der Waals surface area contributed by atoms with Crippen LogP contribution >= 0.6 is 11.6 Å². The third-order valence-electron chi connectivity index (χ3n) is 3.50. The molecule has 3 aromatic rings. The second-order valence-corrected chi connectivity index (χ2v) is 5.78. The molecular weight excluding hydrogens is 340 g/mol. The highest BCUT2D eigenvalue weighted by molar-refractivity contribution is 6.32. The molecule has 1 atom stereocenters. The average molecular weight is 355 g/mol. The molecule has 0 aliphatic rings. The van der Waals surface area contributed by atoms with Crippen molar-refractivity contribution < 1.29 is 9.15 Å². The fraction of sp³-hybridized carbons (Fsp3) is 0.158. The molecule has 6 heteroatoms. The number of benzene rings is 2. The second-order valence-electron chi connectivity index (χ2n) is 5.37. The Labute approximate surface area is 149 Å². The van der Waals surface area contributed by atoms with Crippen molar-refractivity contribution in [3.8, 4) is 23.8 Å². The second kappa shape index (κ2) is 7.29. The summed E-state index contributed by atoms with van der Waals surface area (Å²) >= 11 is 6.10. The molecule has 0 spiro atoms. The average Bonchev–Trinajstić information content (AvgIpc) is 2.97. The van der Waals surface area contributed by atoms with Gasteiger partial charge in [-0.15, -0.1) is 11.5 Å². The lowest BCUT2D eigenvalue weighted by atomic mass is 10.1. The van der Waals surface area contributed by atoms with E-state index in [1.54, 1.807) is 31.2 Å². The van der Waals surface area contributed by atoms with E-state index < -0.39 is 5.76 Å². The Morgan fingerprint density at radius 2 is 2.00 bits per heavy atom. The first kappa shape index (κ1) is 16.9. The number of ether oxygens (including phenoxy) is 1. The van der Waals surface area contributed by atoms with Gasteiger partial charge in [0.05, 0.1) is 17.1 Å². The Balaban J connectivity index is 1.78. The molecule has 25 heavy (non-hydrogen) atoms. The van der Waals surface area contributed by atoms with Crippen molar-refractivity contribution in [1.82, 2.24) is 9.78 Å². The largest absolute Gasteiger partial charge is 0.478 e. The van der Waals surface area contributed by atoms with Crippen LogP contribution in [0.25, 0.3) is 5.69 Å². The lowest BCUT2D eigenvalue weighted by Gasteiger charge is -2.08. The van der Waals surface area contributed by atoms with Crippen LogP contribution in [0.4, 0.5) is 0 Å². The SMILES string of the molecule is C#CC(C)Oc1ccc(Cc2nn(-c3ccccc3Cl)c(=O)o2)cc1. The van der Waals surface area contributed by atoms with Crippen molar-refractivity contribution >= 4 is 11.6 Å². The number of nitrogens with zero attached hydrogens (tertiary/aromatic N) is 2. The normalized spacial score (nSPS) is 11.7. The number of para-hydroxylation sites is 1. The fourth-order valence-electron chi connectivity index (χ4n) is 2.26. The summed E-state index contributed by atoms with van der Waals surface area (Å²) in [7, 11) is 0. The van der Waals surface area contributed by atoms with E-state index in [-0.39, 0.29) is 6.10 Å². The molecule has 0 saturated heterocycles. The Kier molecular flexibility index (Phi) is 4.92. The van der Waals surface area contributed by atoms with Crippen molar-refractivity contribution in [1.29, 1.82) is 0 Å². The van der Waals surface area contributed by atoms with Gasteiger partial charge in [-0.1, -0.05) is 41.8 Å². The van der Waals surface area contributed by atoms with Crippen LogP contribution in [0.3, 0.4) is 0 Å². The molecule has 2 aromatic carbocycles. The highest BCUT2D eigenvalue weighted by atomic mass is 35.5. The molecule has 1 heterocycles. The highest BCUT2D eigenvalue weighted by Crippen LogP contribution is 2.19. The number of aromatic nitrogens is 2. The molecule has 0 fully saturated rings. The Morgan fingerprint density at radius 3 is 2.68 bits per heavy atom. The van der Waals surface area contributed by atoms with Crippen molar-refractivity contribution in [2.45, 2.75) is 19.4 Å². The van der Waals surface area contributed by atoms with E-state index >= 15 is 0 Å². The monoisotopic (exact) mass is 354 g/mol. The topological polar surface area (TPSA) is 57.3 Å². The van der Waals surface area contributed by atoms with Gasteiger partial charge in [-0.2, -0.15) is 4.68 Å². The van der Waals surface area contributed by atoms with Crippen LogP contribution in [0.15, 0.2) is 57.7 Å². The molecule has 126 valence electrons. The number of hydrogen-bond donors (Lipinski definition) is 0. The van der Waals surface area contributed by atoms with Gasteiger partial charge in [0.15, 0.2) is 6.10 Å². The maximum absolute atomic E-state index is 12.0. The third-order valence-corrected chi connectivity index (χ3v) is 3.82. The van der Waals surface area contributed by atoms with Gasteiger partial charge in [0, 0.05) is 0 Å². The zero-order chi connectivity index (χ0) is 17.8. The summed E-state index contributed by atoms with van der Waals surface area (Å²) in [5, 5.41) is 4.64. The van der Waals surface area contributed by atoms with Gasteiger partial charge in [0.2, 0.25) is 5.89 Å². The van der Waals surface area contributed by atoms with Crippen LogP contribution in [0.2, 0.25) is 5.02 Å². The van der Waals surface area contributed by atoms with E-state index in [0.29, 0.717) is 28.8 Å². The van der Waals surface area contributed by atoms with E-state index in [1.807, 2.05) is 24.3 Å². The van der Waals surface area contributed by atoms with Crippen LogP contribution in [-0.4, -0.2) is 15.9 Å². The molecule has 0 radical (unpaired) electrons. The number of terminal acetylenes is 1. The molecule has 1 aromatic heterocycles. The first-order chi connectivity index (χ1) is 12.1. The first-order valence-electron chi connectivity index (χ1n) is 7.62. The summed E-state index contributed by atoms with van der Waals surface area (Å²) in [6.45, 7) is 1.80. The Bertz CT molecular complexity index is 967. The minimum atomic E-state index is -0.578. The molecule has 0 bridgehead atoms. The molecule has 5 nitrogen and oxygen atoms in total. The van der Waals surface area contributed by atoms with Crippen LogP contribution in [0.5, 0.6) is 5.75 Å². The number of rotatable bonds is 5. The molecule has 0 aliphatic heterocycles. The summed E-state index contributed by atoms with van der Waals surface area (Å²) in [4.78, 5) is 12.0. The summed E-state index contributed by atoms with van der Waals surface area (Å²) in [5.74, 6) is 2.90. The summed E-state index contributed by atoms with van der Waals surface area (Å²) in [6, 6.07) is 14.3. The van der Waals surface area contributed by atoms with Gasteiger partial charge in [-0.3, -0.25) is 0 Å². The first-order valence-corrected chi connectivity index (χ1v) is 8.00. The predicted octanol–water partition coefficient (Wildman–Crippen LogP) is 3.47. The van der Waals surface area contributed by atoms with Gasteiger partial charge < -0.3 is 9.15 Å². The van der Waals surface area contributed by atoms with Gasteiger partial charge in [-0.25, -0.2) is 4.79 Å². The van der Waals surface area contributed by atoms with Gasteiger partial charge in [-0.05, 0) is 36.8 Å². The van der Waals surface area contributed by atoms with Crippen LogP contribution < -0.4 is 10.5 Å². The van der Waals surface area contributed by atoms with E-state index in [4.69, 9.17) is 27.2 Å². The van der Waals surface area contributed by atoms with Crippen LogP contribution in [0.1, 0.15) is 18.4 Å². The molecule has 0 N–H and O–H groups in total. The molecule has 3 rings (SSSR count). The van der Waals surface area contributed by atoms with Crippen molar-refractivity contribution in [2.24, 2.45) is 0 Å². The van der Waals surface area contributed by atoms with E-state index in [2.05, 4.69) is 11.0 Å². The summed E-state index contributed by atoms with van der Waals surface area (Å²) in [5.41, 5.74) is 1.41. The van der Waals surface area contributed by atoms with Gasteiger partial charge in [0.1, 0.15) is 5.75 Å². The molecule has 1 unspecified atom stereocenters. The zero-order valence-corrected chi connectivity index (χ0v) is 14.2. The number of halogens is 1. The Hall–Kier alpha value is -2.97. The predicted molar refractivity (Wildman–Crippen MR) is 95.3 cm³/mol. The van der Waals surface area contributed by atoms with Crippen molar-refractivity contribution in [3.63, 3.8) is 0 Å². The third kappa shape index (κ3) is 3.93. The van der Waals surface area contributed by atoms with Crippen molar-refractivity contribution in [2.75, 3.05) is 0 Å². The molecule has 0 amide bonds. The standard InChI is InChI=1S/C19H15ClN2O3/c1-3-13(2)24-15-10-8-14(9-11-15)12-18-21-22(19(23)25-18)17-7-5-4-6-16(17)20/h1,4-11,13H,12H2,2H3. The fourth-order valence-corrected chi connectivity index (χ4v) is 2.48. The molecule has 0 aliphatic carbocycles. The van der Waals surface area contributed by atoms with Crippen LogP contribution in [0, 0.1) is 12.3 Å². The smallest absolute Gasteiger partial charge is 0.442 e. The zero-order valence-electron chi connectivity index (χ0n) is 13.5. The van der Waals surface area contributed by atoms with Crippen molar-refractivity contribution in [3.05, 3.63) is 75.6 Å². The maximum atomic E-state index is 12.0. The minimum absolute atomic E-state index is 0.296. The summed E-state index contributed by atoms with van der Waals surface area (Å²) in [6.07, 6.45) is 5.37. The lowest BCUT2D eigenvalue weighted by Crippen LogP contribution is -2.13. The van der Waals surface area contributed by atoms with E-state index in [0.717, 1.165) is 10.2 Å². The van der Waals surface area contributed by atoms with Gasteiger partial charge in [0.25, 0.3) is 0 Å². The maximum Gasteiger partial charge on any atom is 0.442 e. The molecule has 0 saturated carbocycles. The quantitative estimate of drug-likeness (QED) is 0.658. The van der Waals surface area contributed by atoms with Crippen LogP contribution in [-0.2, 0) is 6.42 Å². The number of hydrogen-bond acceptors (Lipinski definition) is 4. The Morgan fingerprint density at radius 1 is 1.28 bits per heavy atom. The summed E-state index contributed by atoms with van der Waals surface area (Å²) < 4.78 is 11.9.